The summed E-state index contributed by atoms with van der Waals surface area (Å²) in [4.78, 5) is 38.3. The van der Waals surface area contributed by atoms with Gasteiger partial charge in [0, 0.05) is 24.3 Å². The zero-order chi connectivity index (χ0) is 20.5. The highest BCUT2D eigenvalue weighted by atomic mass is 16.2. The fourth-order valence-electron chi connectivity index (χ4n) is 3.48. The molecule has 3 amide bonds. The molecule has 0 bridgehead atoms. The van der Waals surface area contributed by atoms with Gasteiger partial charge < -0.3 is 5.32 Å². The van der Waals surface area contributed by atoms with Crippen LogP contribution in [0.2, 0.25) is 0 Å². The highest BCUT2D eigenvalue weighted by Gasteiger charge is 2.34. The minimum absolute atomic E-state index is 0.0234. The number of hydrogen-bond acceptors (Lipinski definition) is 4. The van der Waals surface area contributed by atoms with Gasteiger partial charge in [0.1, 0.15) is 0 Å². The Morgan fingerprint density at radius 3 is 2.28 bits per heavy atom. The molecule has 4 rings (SSSR count). The van der Waals surface area contributed by atoms with Gasteiger partial charge in [0.15, 0.2) is 0 Å². The van der Waals surface area contributed by atoms with Crippen LogP contribution in [0.4, 0.5) is 5.69 Å². The topological polar surface area (TPSA) is 84.3 Å². The van der Waals surface area contributed by atoms with E-state index in [4.69, 9.17) is 0 Å². The molecule has 7 nitrogen and oxygen atoms in total. The third-order valence-corrected chi connectivity index (χ3v) is 4.82. The number of carbonyl (C=O) groups excluding carboxylic acids is 3. The van der Waals surface area contributed by atoms with Crippen molar-refractivity contribution in [3.05, 3.63) is 77.1 Å². The van der Waals surface area contributed by atoms with Crippen LogP contribution in [-0.4, -0.2) is 38.9 Å². The third kappa shape index (κ3) is 3.54. The van der Waals surface area contributed by atoms with Crippen LogP contribution < -0.4 is 5.32 Å². The maximum absolute atomic E-state index is 12.4. The van der Waals surface area contributed by atoms with Crippen LogP contribution in [0.25, 0.3) is 5.69 Å². The molecule has 0 radical (unpaired) electrons. The zero-order valence-corrected chi connectivity index (χ0v) is 16.2. The van der Waals surface area contributed by atoms with Crippen LogP contribution in [0.3, 0.4) is 0 Å². The highest BCUT2D eigenvalue weighted by Crippen LogP contribution is 2.23. The summed E-state index contributed by atoms with van der Waals surface area (Å²) < 4.78 is 1.81. The summed E-state index contributed by atoms with van der Waals surface area (Å²) >= 11 is 0. The van der Waals surface area contributed by atoms with Crippen molar-refractivity contribution in [2.45, 2.75) is 20.3 Å². The Morgan fingerprint density at radius 2 is 1.66 bits per heavy atom. The van der Waals surface area contributed by atoms with Crippen LogP contribution in [0.5, 0.6) is 0 Å². The van der Waals surface area contributed by atoms with Gasteiger partial charge in [0.05, 0.1) is 22.5 Å². The van der Waals surface area contributed by atoms with Crippen LogP contribution in [-0.2, 0) is 4.79 Å². The average Bonchev–Trinajstić information content (AvgIpc) is 3.17. The van der Waals surface area contributed by atoms with Crippen molar-refractivity contribution in [2.75, 3.05) is 11.9 Å². The Kier molecular flexibility index (Phi) is 4.72. The second-order valence-corrected chi connectivity index (χ2v) is 6.99. The maximum atomic E-state index is 12.4. The molecule has 146 valence electrons. The molecule has 1 aliphatic rings. The van der Waals surface area contributed by atoms with Gasteiger partial charge in [0.25, 0.3) is 11.8 Å². The van der Waals surface area contributed by atoms with E-state index in [0.717, 1.165) is 22.0 Å². The predicted octanol–water partition coefficient (Wildman–Crippen LogP) is 3.11. The number of amides is 3. The van der Waals surface area contributed by atoms with E-state index in [-0.39, 0.29) is 30.7 Å². The number of imide groups is 1. The molecule has 2 aromatic carbocycles. The number of carbonyl (C=O) groups is 3. The smallest absolute Gasteiger partial charge is 0.261 e. The first-order chi connectivity index (χ1) is 13.9. The molecule has 7 heteroatoms. The number of nitrogens with one attached hydrogen (secondary N) is 1. The summed E-state index contributed by atoms with van der Waals surface area (Å²) in [6.07, 6.45) is 0.0234. The SMILES string of the molecule is Cc1cc(C)n(-c2cccc(NC(=O)CCN3C(=O)c4ccccc4C3=O)c2)n1. The molecule has 0 atom stereocenters. The van der Waals surface area contributed by atoms with Gasteiger partial charge in [-0.1, -0.05) is 18.2 Å². The molecule has 1 aromatic heterocycles. The minimum atomic E-state index is -0.357. The van der Waals surface area contributed by atoms with Gasteiger partial charge in [0.2, 0.25) is 5.91 Å². The van der Waals surface area contributed by atoms with E-state index in [1.807, 2.05) is 42.8 Å². The summed E-state index contributed by atoms with van der Waals surface area (Å²) in [7, 11) is 0. The van der Waals surface area contributed by atoms with Gasteiger partial charge in [-0.15, -0.1) is 0 Å². The lowest BCUT2D eigenvalue weighted by atomic mass is 10.1. The van der Waals surface area contributed by atoms with E-state index in [1.54, 1.807) is 30.3 Å². The lowest BCUT2D eigenvalue weighted by Gasteiger charge is -2.14. The van der Waals surface area contributed by atoms with Crippen LogP contribution in [0, 0.1) is 13.8 Å². The molecule has 1 N–H and O–H groups in total. The standard InChI is InChI=1S/C22H20N4O3/c1-14-12-15(2)26(24-14)17-7-5-6-16(13-17)23-20(27)10-11-25-21(28)18-8-3-4-9-19(18)22(25)29/h3-9,12-13H,10-11H2,1-2H3,(H,23,27). The first-order valence-electron chi connectivity index (χ1n) is 9.33. The van der Waals surface area contributed by atoms with E-state index in [1.165, 1.54) is 0 Å². The van der Waals surface area contributed by atoms with Gasteiger partial charge in [-0.3, -0.25) is 19.3 Å². The summed E-state index contributed by atoms with van der Waals surface area (Å²) in [6.45, 7) is 3.93. The molecule has 0 saturated carbocycles. The molecule has 0 saturated heterocycles. The maximum Gasteiger partial charge on any atom is 0.261 e. The second kappa shape index (κ2) is 7.35. The third-order valence-electron chi connectivity index (χ3n) is 4.82. The van der Waals surface area contributed by atoms with E-state index < -0.39 is 0 Å². The number of benzene rings is 2. The quantitative estimate of drug-likeness (QED) is 0.681. The number of anilines is 1. The monoisotopic (exact) mass is 388 g/mol. The Bertz CT molecular complexity index is 1100. The Morgan fingerprint density at radius 1 is 0.966 bits per heavy atom. The molecule has 0 unspecified atom stereocenters. The molecular formula is C22H20N4O3. The molecule has 0 fully saturated rings. The Balaban J connectivity index is 1.41. The zero-order valence-electron chi connectivity index (χ0n) is 16.2. The normalized spacial score (nSPS) is 13.0. The predicted molar refractivity (Wildman–Crippen MR) is 108 cm³/mol. The Hall–Kier alpha value is -3.74. The number of hydrogen-bond donors (Lipinski definition) is 1. The molecule has 29 heavy (non-hydrogen) atoms. The summed E-state index contributed by atoms with van der Waals surface area (Å²) in [5, 5.41) is 7.27. The van der Waals surface area contributed by atoms with Crippen molar-refractivity contribution in [3.8, 4) is 5.69 Å². The van der Waals surface area contributed by atoms with Crippen LogP contribution >= 0.6 is 0 Å². The molecule has 0 spiro atoms. The van der Waals surface area contributed by atoms with E-state index in [9.17, 15) is 14.4 Å². The summed E-state index contributed by atoms with van der Waals surface area (Å²) in [5.74, 6) is -0.984. The van der Waals surface area contributed by atoms with Crippen molar-refractivity contribution in [1.29, 1.82) is 0 Å². The first-order valence-corrected chi connectivity index (χ1v) is 9.33. The van der Waals surface area contributed by atoms with Crippen molar-refractivity contribution in [1.82, 2.24) is 14.7 Å². The number of aryl methyl sites for hydroxylation is 2. The summed E-state index contributed by atoms with van der Waals surface area (Å²) in [5.41, 5.74) is 4.15. The highest BCUT2D eigenvalue weighted by molar-refractivity contribution is 6.21. The van der Waals surface area contributed by atoms with Crippen molar-refractivity contribution in [2.24, 2.45) is 0 Å². The largest absolute Gasteiger partial charge is 0.326 e. The fourth-order valence-corrected chi connectivity index (χ4v) is 3.48. The number of nitrogens with zero attached hydrogens (tertiary/aromatic N) is 3. The van der Waals surface area contributed by atoms with Crippen molar-refractivity contribution < 1.29 is 14.4 Å². The number of aromatic nitrogens is 2. The Labute approximate surface area is 167 Å². The molecular weight excluding hydrogens is 368 g/mol. The second-order valence-electron chi connectivity index (χ2n) is 6.99. The van der Waals surface area contributed by atoms with E-state index in [2.05, 4.69) is 10.4 Å². The number of fused-ring (bicyclic) bond motifs is 1. The molecule has 3 aromatic rings. The summed E-state index contributed by atoms with van der Waals surface area (Å²) in [6, 6.07) is 16.0. The lowest BCUT2D eigenvalue weighted by Crippen LogP contribution is -2.32. The number of rotatable bonds is 5. The van der Waals surface area contributed by atoms with E-state index >= 15 is 0 Å². The lowest BCUT2D eigenvalue weighted by molar-refractivity contribution is -0.116. The fraction of sp³-hybridized carbons (Fsp3) is 0.182. The molecule has 2 heterocycles. The molecule has 1 aliphatic heterocycles. The first kappa shape index (κ1) is 18.6. The average molecular weight is 388 g/mol. The van der Waals surface area contributed by atoms with Gasteiger partial charge in [-0.05, 0) is 50.2 Å². The molecule has 0 aliphatic carbocycles. The van der Waals surface area contributed by atoms with Crippen LogP contribution in [0.1, 0.15) is 38.5 Å². The van der Waals surface area contributed by atoms with Crippen molar-refractivity contribution in [3.63, 3.8) is 0 Å². The van der Waals surface area contributed by atoms with Crippen LogP contribution in [0.15, 0.2) is 54.6 Å². The van der Waals surface area contributed by atoms with Gasteiger partial charge in [-0.2, -0.15) is 5.10 Å². The minimum Gasteiger partial charge on any atom is -0.326 e. The van der Waals surface area contributed by atoms with E-state index in [0.29, 0.717) is 16.8 Å². The van der Waals surface area contributed by atoms with Crippen molar-refractivity contribution >= 4 is 23.4 Å². The van der Waals surface area contributed by atoms with Gasteiger partial charge >= 0.3 is 0 Å². The van der Waals surface area contributed by atoms with Gasteiger partial charge in [-0.25, -0.2) is 4.68 Å².